The zero-order valence-corrected chi connectivity index (χ0v) is 23.0. The van der Waals surface area contributed by atoms with Gasteiger partial charge in [0.1, 0.15) is 5.82 Å². The van der Waals surface area contributed by atoms with E-state index in [0.717, 1.165) is 6.07 Å². The third kappa shape index (κ3) is 7.47. The van der Waals surface area contributed by atoms with Crippen LogP contribution in [0.1, 0.15) is 5.56 Å². The van der Waals surface area contributed by atoms with E-state index in [-0.39, 0.29) is 34.6 Å². The highest BCUT2D eigenvalue weighted by atomic mass is 35.5. The predicted molar refractivity (Wildman–Crippen MR) is 135 cm³/mol. The van der Waals surface area contributed by atoms with E-state index in [1.807, 2.05) is 0 Å². The zero-order chi connectivity index (χ0) is 31.8. The van der Waals surface area contributed by atoms with Crippen molar-refractivity contribution in [1.29, 1.82) is 0 Å². The van der Waals surface area contributed by atoms with E-state index < -0.39 is 51.8 Å². The number of carbonyl (C=O) groups is 1. The molecular weight excluding hydrogens is 627 g/mol. The van der Waals surface area contributed by atoms with Crippen molar-refractivity contribution in [2.24, 2.45) is 5.73 Å². The minimum atomic E-state index is -5.63. The number of amides is 1. The molecule has 0 saturated carbocycles. The molecule has 2 heterocycles. The lowest BCUT2D eigenvalue weighted by Gasteiger charge is -2.24. The second kappa shape index (κ2) is 12.0. The Labute approximate surface area is 238 Å². The molecule has 2 aromatic carbocycles. The molecule has 1 aliphatic heterocycles. The molecule has 0 spiro atoms. The topological polar surface area (TPSA) is 143 Å². The van der Waals surface area contributed by atoms with Gasteiger partial charge in [0.05, 0.1) is 34.5 Å². The number of fused-ring (bicyclic) bond motifs is 1. The molecule has 1 aliphatic rings. The van der Waals surface area contributed by atoms with E-state index in [4.69, 9.17) is 26.9 Å². The highest BCUT2D eigenvalue weighted by molar-refractivity contribution is 7.91. The Morgan fingerprint density at radius 2 is 1.69 bits per heavy atom. The summed E-state index contributed by atoms with van der Waals surface area (Å²) >= 11 is 5.93. The number of anilines is 2. The second-order valence-electron chi connectivity index (χ2n) is 9.01. The van der Waals surface area contributed by atoms with E-state index in [9.17, 15) is 43.9 Å². The smallest absolute Gasteiger partial charge is 0.403 e. The summed E-state index contributed by atoms with van der Waals surface area (Å²) in [4.78, 5) is 15.5. The molecule has 3 N–H and O–H groups in total. The van der Waals surface area contributed by atoms with Gasteiger partial charge in [-0.15, -0.1) is 5.10 Å². The Kier molecular flexibility index (Phi) is 9.45. The normalized spacial score (nSPS) is 16.9. The molecule has 42 heavy (non-hydrogen) atoms. The minimum Gasteiger partial charge on any atom is -0.403 e. The van der Waals surface area contributed by atoms with Crippen LogP contribution < -0.4 is 15.5 Å². The van der Waals surface area contributed by atoms with Crippen molar-refractivity contribution in [1.82, 2.24) is 10.2 Å². The number of sulfone groups is 1. The Morgan fingerprint density at radius 3 is 2.17 bits per heavy atom. The first-order valence-corrected chi connectivity index (χ1v) is 13.5. The van der Waals surface area contributed by atoms with Crippen LogP contribution in [0.2, 0.25) is 5.02 Å². The van der Waals surface area contributed by atoms with Crippen molar-refractivity contribution in [3.63, 3.8) is 0 Å². The third-order valence-electron chi connectivity index (χ3n) is 5.56. The van der Waals surface area contributed by atoms with Crippen LogP contribution >= 0.6 is 11.6 Å². The molecule has 0 unspecified atom stereocenters. The molecule has 19 heteroatoms. The second-order valence-corrected chi connectivity index (χ2v) is 11.4. The van der Waals surface area contributed by atoms with Crippen LogP contribution in [0.25, 0.3) is 11.5 Å². The van der Waals surface area contributed by atoms with Gasteiger partial charge in [-0.05, 0) is 29.8 Å². The number of carbonyl (C=O) groups excluding carboxylic acids is 1. The standard InChI is InChI=1S/C20H19ClFN5O4S.C3H2F6O/c1-26(2)20-25-24-18(31-20)13-7-16-17(8-14(13)22)32(29,30)10-15(23)19(28)27(16)9-11-3-5-12(21)6-4-11;4-2(5,6)1(10)3(7,8)9/h3-8,15H,9-10,23H2,1-2H3;1,10H/t15-;/m0./s1. The Hall–Kier alpha value is -3.48. The largest absolute Gasteiger partial charge is 0.423 e. The monoisotopic (exact) mass is 647 g/mol. The lowest BCUT2D eigenvalue weighted by atomic mass is 10.1. The molecular formula is C23H21ClF7N5O5S. The molecule has 0 bridgehead atoms. The number of nitrogens with two attached hydrogens (primary N) is 1. The van der Waals surface area contributed by atoms with E-state index in [1.54, 1.807) is 38.4 Å². The lowest BCUT2D eigenvalue weighted by Crippen LogP contribution is -2.45. The summed E-state index contributed by atoms with van der Waals surface area (Å²) in [6.45, 7) is 0.00404. The van der Waals surface area contributed by atoms with Crippen molar-refractivity contribution in [2.45, 2.75) is 35.9 Å². The number of alkyl halides is 6. The van der Waals surface area contributed by atoms with Gasteiger partial charge in [-0.25, -0.2) is 12.8 Å². The van der Waals surface area contributed by atoms with E-state index >= 15 is 0 Å². The molecule has 0 aliphatic carbocycles. The number of rotatable bonds is 4. The fourth-order valence-corrected chi connectivity index (χ4v) is 5.20. The van der Waals surface area contributed by atoms with Gasteiger partial charge in [-0.1, -0.05) is 28.8 Å². The van der Waals surface area contributed by atoms with Crippen LogP contribution in [0.3, 0.4) is 0 Å². The van der Waals surface area contributed by atoms with Crippen LogP contribution in [-0.4, -0.2) is 74.0 Å². The molecule has 1 amide bonds. The van der Waals surface area contributed by atoms with Gasteiger partial charge in [0, 0.05) is 19.1 Å². The maximum absolute atomic E-state index is 15.0. The Morgan fingerprint density at radius 1 is 1.12 bits per heavy atom. The van der Waals surface area contributed by atoms with Crippen molar-refractivity contribution in [3.05, 3.63) is 52.8 Å². The van der Waals surface area contributed by atoms with Gasteiger partial charge in [0.2, 0.25) is 12.0 Å². The van der Waals surface area contributed by atoms with Crippen molar-refractivity contribution >= 4 is 39.0 Å². The molecule has 0 radical (unpaired) electrons. The van der Waals surface area contributed by atoms with Crippen molar-refractivity contribution < 1.29 is 53.5 Å². The first-order valence-electron chi connectivity index (χ1n) is 11.4. The van der Waals surface area contributed by atoms with Gasteiger partial charge < -0.3 is 25.1 Å². The molecule has 0 saturated heterocycles. The number of hydrogen-bond donors (Lipinski definition) is 2. The summed E-state index contributed by atoms with van der Waals surface area (Å²) in [5, 5.41) is 15.6. The molecule has 230 valence electrons. The van der Waals surface area contributed by atoms with Gasteiger partial charge in [-0.3, -0.25) is 4.79 Å². The summed E-state index contributed by atoms with van der Waals surface area (Å²) < 4.78 is 112. The number of nitrogens with zero attached hydrogens (tertiary/aromatic N) is 4. The highest BCUT2D eigenvalue weighted by Gasteiger charge is 2.55. The van der Waals surface area contributed by atoms with Gasteiger partial charge in [0.25, 0.3) is 5.89 Å². The zero-order valence-electron chi connectivity index (χ0n) is 21.4. The maximum atomic E-state index is 15.0. The quantitative estimate of drug-likeness (QED) is 0.405. The highest BCUT2D eigenvalue weighted by Crippen LogP contribution is 2.37. The fraction of sp³-hybridized carbons (Fsp3) is 0.348. The van der Waals surface area contributed by atoms with Crippen molar-refractivity contribution in [2.75, 3.05) is 29.6 Å². The molecule has 0 fully saturated rings. The van der Waals surface area contributed by atoms with Crippen LogP contribution in [0.15, 0.2) is 45.7 Å². The van der Waals surface area contributed by atoms with Crippen molar-refractivity contribution in [3.8, 4) is 11.5 Å². The Bertz CT molecular complexity index is 1530. The maximum Gasteiger partial charge on any atom is 0.423 e. The van der Waals surface area contributed by atoms with Crippen LogP contribution in [0.4, 0.5) is 42.4 Å². The number of benzene rings is 2. The van der Waals surface area contributed by atoms with Gasteiger partial charge in [-0.2, -0.15) is 26.3 Å². The SMILES string of the molecule is CN(C)c1nnc(-c2cc3c(cc2F)S(=O)(=O)C[C@H](N)C(=O)N3Cc2ccc(Cl)cc2)o1.OC(C(F)(F)F)C(F)(F)F. The van der Waals surface area contributed by atoms with Gasteiger partial charge >= 0.3 is 18.4 Å². The van der Waals surface area contributed by atoms with E-state index in [1.165, 1.54) is 15.9 Å². The summed E-state index contributed by atoms with van der Waals surface area (Å²) in [6.07, 6.45) is -15.5. The number of hydrogen-bond acceptors (Lipinski definition) is 9. The summed E-state index contributed by atoms with van der Waals surface area (Å²) in [5.74, 6) is -2.28. The first kappa shape index (κ1) is 33.0. The number of aromatic nitrogens is 2. The van der Waals surface area contributed by atoms with E-state index in [2.05, 4.69) is 10.2 Å². The fourth-order valence-electron chi connectivity index (χ4n) is 3.51. The molecule has 10 nitrogen and oxygen atoms in total. The summed E-state index contributed by atoms with van der Waals surface area (Å²) in [7, 11) is -0.702. The van der Waals surface area contributed by atoms with E-state index in [0.29, 0.717) is 10.6 Å². The number of halogens is 8. The molecule has 4 rings (SSSR count). The lowest BCUT2D eigenvalue weighted by molar-refractivity contribution is -0.308. The average Bonchev–Trinajstić information content (AvgIpc) is 3.35. The van der Waals surface area contributed by atoms with Crippen LogP contribution in [0, 0.1) is 5.82 Å². The first-order chi connectivity index (χ1) is 19.2. The number of aliphatic hydroxyl groups excluding tert-OH is 1. The molecule has 1 aromatic heterocycles. The minimum absolute atomic E-state index is 0.00404. The predicted octanol–water partition coefficient (Wildman–Crippen LogP) is 3.71. The Balaban J connectivity index is 0.000000416. The van der Waals surface area contributed by atoms with Crippen LogP contribution in [-0.2, 0) is 21.2 Å². The summed E-state index contributed by atoms with van der Waals surface area (Å²) in [6, 6.07) is 7.61. The number of aliphatic hydroxyl groups is 1. The average molecular weight is 648 g/mol. The summed E-state index contributed by atoms with van der Waals surface area (Å²) in [5.41, 5.74) is 6.42. The molecule has 1 atom stereocenters. The van der Waals surface area contributed by atoms with Gasteiger partial charge in [0.15, 0.2) is 9.84 Å². The third-order valence-corrected chi connectivity index (χ3v) is 7.61. The molecule has 3 aromatic rings. The van der Waals surface area contributed by atoms with Crippen LogP contribution in [0.5, 0.6) is 0 Å².